The van der Waals surface area contributed by atoms with Crippen molar-refractivity contribution in [2.24, 2.45) is 0 Å². The summed E-state index contributed by atoms with van der Waals surface area (Å²) < 4.78 is 24.4. The van der Waals surface area contributed by atoms with Gasteiger partial charge in [-0.25, -0.2) is 13.1 Å². The van der Waals surface area contributed by atoms with E-state index in [2.05, 4.69) is 4.72 Å². The van der Waals surface area contributed by atoms with Crippen LogP contribution < -0.4 is 4.72 Å². The summed E-state index contributed by atoms with van der Waals surface area (Å²) in [7, 11) is -3.32. The Bertz CT molecular complexity index is 403. The lowest BCUT2D eigenvalue weighted by atomic mass is 10.1. The van der Waals surface area contributed by atoms with Crippen LogP contribution in [-0.2, 0) is 16.6 Å². The molecule has 0 bridgehead atoms. The fourth-order valence-electron chi connectivity index (χ4n) is 1.05. The molecule has 3 nitrogen and oxygen atoms in total. The van der Waals surface area contributed by atoms with Crippen LogP contribution >= 0.6 is 11.6 Å². The lowest BCUT2D eigenvalue weighted by Crippen LogP contribution is -2.23. The Hall–Kier alpha value is -0.580. The minimum Gasteiger partial charge on any atom is -0.211 e. The van der Waals surface area contributed by atoms with Gasteiger partial charge in [-0.1, -0.05) is 29.8 Å². The molecule has 0 spiro atoms. The van der Waals surface area contributed by atoms with Gasteiger partial charge in [0.2, 0.25) is 10.0 Å². The van der Waals surface area contributed by atoms with Crippen molar-refractivity contribution in [3.63, 3.8) is 0 Å². The summed E-state index contributed by atoms with van der Waals surface area (Å²) in [6.45, 7) is 2.25. The van der Waals surface area contributed by atoms with Crippen LogP contribution in [0.3, 0.4) is 0 Å². The van der Waals surface area contributed by atoms with Crippen LogP contribution in [0.5, 0.6) is 0 Å². The molecule has 0 amide bonds. The molecule has 0 aromatic heterocycles. The molecule has 0 saturated heterocycles. The number of sulfonamides is 1. The predicted octanol–water partition coefficient (Wildman–Crippen LogP) is 1.61. The Kier molecular flexibility index (Phi) is 3.92. The predicted molar refractivity (Wildman–Crippen MR) is 57.7 cm³/mol. The summed E-state index contributed by atoms with van der Waals surface area (Å²) >= 11 is 5.24. The molecule has 1 rings (SSSR count). The summed E-state index contributed by atoms with van der Waals surface area (Å²) in [5.41, 5.74) is 2.03. The van der Waals surface area contributed by atoms with E-state index in [9.17, 15) is 8.42 Å². The molecule has 0 aliphatic carbocycles. The average Bonchev–Trinajstić information content (AvgIpc) is 2.15. The first-order chi connectivity index (χ1) is 6.53. The van der Waals surface area contributed by atoms with Crippen molar-refractivity contribution in [1.29, 1.82) is 0 Å². The molecule has 0 atom stereocenters. The standard InChI is InChI=1S/C9H12ClNO2S/c1-8-3-2-4-9(5-8)6-11-14(12,13)7-10/h2-5,11H,6-7H2,1H3. The minimum absolute atomic E-state index is 0.288. The molecule has 0 unspecified atom stereocenters. The van der Waals surface area contributed by atoms with Crippen molar-refractivity contribution >= 4 is 21.6 Å². The van der Waals surface area contributed by atoms with Crippen molar-refractivity contribution in [2.75, 3.05) is 5.21 Å². The van der Waals surface area contributed by atoms with E-state index in [1.165, 1.54) is 0 Å². The molecule has 0 aliphatic heterocycles. The Morgan fingerprint density at radius 2 is 2.14 bits per heavy atom. The fraction of sp³-hybridized carbons (Fsp3) is 0.333. The Labute approximate surface area is 89.1 Å². The quantitative estimate of drug-likeness (QED) is 0.804. The van der Waals surface area contributed by atoms with Crippen LogP contribution in [-0.4, -0.2) is 13.6 Å². The van der Waals surface area contributed by atoms with E-state index in [1.807, 2.05) is 31.2 Å². The molecule has 0 aliphatic rings. The van der Waals surface area contributed by atoms with E-state index in [0.717, 1.165) is 11.1 Å². The second-order valence-electron chi connectivity index (χ2n) is 3.03. The van der Waals surface area contributed by atoms with Gasteiger partial charge in [0.1, 0.15) is 5.21 Å². The van der Waals surface area contributed by atoms with Crippen LogP contribution in [0.25, 0.3) is 0 Å². The third-order valence-corrected chi connectivity index (χ3v) is 3.46. The number of halogens is 1. The van der Waals surface area contributed by atoms with Gasteiger partial charge >= 0.3 is 0 Å². The van der Waals surface area contributed by atoms with Crippen molar-refractivity contribution in [2.45, 2.75) is 13.5 Å². The van der Waals surface area contributed by atoms with Crippen LogP contribution in [0.1, 0.15) is 11.1 Å². The van der Waals surface area contributed by atoms with Crippen molar-refractivity contribution in [1.82, 2.24) is 4.72 Å². The smallest absolute Gasteiger partial charge is 0.211 e. The van der Waals surface area contributed by atoms with E-state index >= 15 is 0 Å². The van der Waals surface area contributed by atoms with E-state index < -0.39 is 15.2 Å². The number of nitrogens with one attached hydrogen (secondary N) is 1. The highest BCUT2D eigenvalue weighted by molar-refractivity contribution is 7.90. The monoisotopic (exact) mass is 233 g/mol. The average molecular weight is 234 g/mol. The van der Waals surface area contributed by atoms with Crippen molar-refractivity contribution < 1.29 is 8.42 Å². The Balaban J connectivity index is 2.63. The van der Waals surface area contributed by atoms with E-state index in [-0.39, 0.29) is 6.54 Å². The zero-order valence-corrected chi connectivity index (χ0v) is 9.40. The summed E-state index contributed by atoms with van der Waals surface area (Å²) in [6, 6.07) is 7.64. The van der Waals surface area contributed by atoms with Gasteiger partial charge in [0.15, 0.2) is 0 Å². The van der Waals surface area contributed by atoms with Gasteiger partial charge in [-0.05, 0) is 12.5 Å². The van der Waals surface area contributed by atoms with Gasteiger partial charge < -0.3 is 0 Å². The van der Waals surface area contributed by atoms with Crippen molar-refractivity contribution in [3.8, 4) is 0 Å². The second-order valence-corrected chi connectivity index (χ2v) is 5.43. The van der Waals surface area contributed by atoms with E-state index in [0.29, 0.717) is 0 Å². The third-order valence-electron chi connectivity index (χ3n) is 1.72. The van der Waals surface area contributed by atoms with E-state index in [4.69, 9.17) is 11.6 Å². The number of rotatable bonds is 4. The largest absolute Gasteiger partial charge is 0.225 e. The summed E-state index contributed by atoms with van der Waals surface area (Å²) in [5, 5.41) is -0.404. The van der Waals surface area contributed by atoms with Crippen LogP contribution in [0.4, 0.5) is 0 Å². The first kappa shape index (κ1) is 11.5. The lowest BCUT2D eigenvalue weighted by Gasteiger charge is -2.04. The molecule has 0 fully saturated rings. The molecule has 1 aromatic rings. The zero-order chi connectivity index (χ0) is 10.6. The van der Waals surface area contributed by atoms with Gasteiger partial charge in [0, 0.05) is 6.54 Å². The molecule has 5 heteroatoms. The molecule has 14 heavy (non-hydrogen) atoms. The SMILES string of the molecule is Cc1cccc(CNS(=O)(=O)CCl)c1. The summed E-state index contributed by atoms with van der Waals surface area (Å²) in [6.07, 6.45) is 0. The molecule has 0 heterocycles. The lowest BCUT2D eigenvalue weighted by molar-refractivity contribution is 0.586. The minimum atomic E-state index is -3.32. The number of benzene rings is 1. The topological polar surface area (TPSA) is 46.2 Å². The summed E-state index contributed by atoms with van der Waals surface area (Å²) in [5.74, 6) is 0. The Morgan fingerprint density at radius 1 is 1.43 bits per heavy atom. The highest BCUT2D eigenvalue weighted by Gasteiger charge is 2.06. The molecule has 0 saturated carbocycles. The van der Waals surface area contributed by atoms with E-state index in [1.54, 1.807) is 0 Å². The zero-order valence-electron chi connectivity index (χ0n) is 7.83. The number of hydrogen-bond acceptors (Lipinski definition) is 2. The number of alkyl halides is 1. The van der Waals surface area contributed by atoms with Gasteiger partial charge in [-0.2, -0.15) is 0 Å². The first-order valence-electron chi connectivity index (χ1n) is 4.12. The maximum atomic E-state index is 11.0. The normalized spacial score (nSPS) is 11.6. The molecule has 1 aromatic carbocycles. The fourth-order valence-corrected chi connectivity index (χ4v) is 1.75. The van der Waals surface area contributed by atoms with Crippen LogP contribution in [0, 0.1) is 6.92 Å². The third kappa shape index (κ3) is 3.65. The molecular formula is C9H12ClNO2S. The first-order valence-corrected chi connectivity index (χ1v) is 6.31. The maximum absolute atomic E-state index is 11.0. The van der Waals surface area contributed by atoms with Crippen molar-refractivity contribution in [3.05, 3.63) is 35.4 Å². The van der Waals surface area contributed by atoms with Crippen LogP contribution in [0.2, 0.25) is 0 Å². The van der Waals surface area contributed by atoms with Gasteiger partial charge in [0.05, 0.1) is 0 Å². The molecular weight excluding hydrogens is 222 g/mol. The maximum Gasteiger partial charge on any atom is 0.225 e. The Morgan fingerprint density at radius 3 is 2.71 bits per heavy atom. The van der Waals surface area contributed by atoms with Gasteiger partial charge in [0.25, 0.3) is 0 Å². The molecule has 1 N–H and O–H groups in total. The van der Waals surface area contributed by atoms with Crippen LogP contribution in [0.15, 0.2) is 24.3 Å². The summed E-state index contributed by atoms with van der Waals surface area (Å²) in [4.78, 5) is 0. The number of aryl methyl sites for hydroxylation is 1. The highest BCUT2D eigenvalue weighted by Crippen LogP contribution is 2.04. The molecule has 0 radical (unpaired) electrons. The molecule has 78 valence electrons. The highest BCUT2D eigenvalue weighted by atomic mass is 35.5. The number of hydrogen-bond donors (Lipinski definition) is 1. The van der Waals surface area contributed by atoms with Gasteiger partial charge in [-0.15, -0.1) is 11.6 Å². The second kappa shape index (κ2) is 4.77. The van der Waals surface area contributed by atoms with Gasteiger partial charge in [-0.3, -0.25) is 0 Å².